The number of hydrogen-bond donors (Lipinski definition) is 1. The Morgan fingerprint density at radius 3 is 3.00 bits per heavy atom. The number of rotatable bonds is 3. The third-order valence-corrected chi connectivity index (χ3v) is 2.86. The van der Waals surface area contributed by atoms with Gasteiger partial charge in [-0.15, -0.1) is 0 Å². The van der Waals surface area contributed by atoms with Gasteiger partial charge >= 0.3 is 0 Å². The fourth-order valence-corrected chi connectivity index (χ4v) is 1.73. The Kier molecular flexibility index (Phi) is 2.31. The van der Waals surface area contributed by atoms with E-state index in [1.165, 1.54) is 31.0 Å². The summed E-state index contributed by atoms with van der Waals surface area (Å²) in [7, 11) is 0. The fraction of sp³-hybridized carbons (Fsp3) is 0.333. The van der Waals surface area contributed by atoms with Gasteiger partial charge in [-0.05, 0) is 37.0 Å². The Morgan fingerprint density at radius 2 is 2.24 bits per heavy atom. The minimum Gasteiger partial charge on any atom is -0.399 e. The quantitative estimate of drug-likeness (QED) is 0.827. The predicted octanol–water partition coefficient (Wildman–Crippen LogP) is 2.41. The van der Waals surface area contributed by atoms with Crippen molar-refractivity contribution >= 4 is 5.69 Å². The van der Waals surface area contributed by atoms with E-state index < -0.39 is 5.82 Å². The second-order valence-corrected chi connectivity index (χ2v) is 4.40. The molecule has 0 spiro atoms. The molecule has 1 saturated carbocycles. The van der Waals surface area contributed by atoms with E-state index in [1.54, 1.807) is 0 Å². The van der Waals surface area contributed by atoms with Gasteiger partial charge in [0.05, 0.1) is 5.56 Å². The Balaban J connectivity index is 1.91. The van der Waals surface area contributed by atoms with E-state index in [-0.39, 0.29) is 11.5 Å². The van der Waals surface area contributed by atoms with E-state index in [0.29, 0.717) is 17.4 Å². The van der Waals surface area contributed by atoms with Gasteiger partial charge in [-0.3, -0.25) is 0 Å². The molecule has 1 heterocycles. The molecular formula is C12H12FN3O. The highest BCUT2D eigenvalue weighted by Gasteiger charge is 2.24. The van der Waals surface area contributed by atoms with Crippen LogP contribution in [0.5, 0.6) is 0 Å². The van der Waals surface area contributed by atoms with Crippen LogP contribution < -0.4 is 5.73 Å². The zero-order valence-corrected chi connectivity index (χ0v) is 9.19. The minimum absolute atomic E-state index is 0.199. The van der Waals surface area contributed by atoms with Gasteiger partial charge in [-0.1, -0.05) is 5.16 Å². The molecule has 0 saturated heterocycles. The standard InChI is InChI=1S/C12H12FN3O/c13-10-4-3-8(14)6-9(10)12-15-11(16-17-12)5-7-1-2-7/h3-4,6-7H,1-2,5,14H2. The summed E-state index contributed by atoms with van der Waals surface area (Å²) in [6.07, 6.45) is 3.25. The van der Waals surface area contributed by atoms with Crippen LogP contribution in [0, 0.1) is 11.7 Å². The molecule has 4 nitrogen and oxygen atoms in total. The van der Waals surface area contributed by atoms with Gasteiger partial charge in [0.25, 0.3) is 5.89 Å². The second-order valence-electron chi connectivity index (χ2n) is 4.40. The van der Waals surface area contributed by atoms with Crippen molar-refractivity contribution in [3.63, 3.8) is 0 Å². The molecule has 0 bridgehead atoms. The van der Waals surface area contributed by atoms with Crippen LogP contribution in [0.25, 0.3) is 11.5 Å². The average Bonchev–Trinajstić information content (AvgIpc) is 2.99. The highest BCUT2D eigenvalue weighted by Crippen LogP contribution is 2.32. The van der Waals surface area contributed by atoms with E-state index >= 15 is 0 Å². The summed E-state index contributed by atoms with van der Waals surface area (Å²) in [5, 5.41) is 3.85. The minimum atomic E-state index is -0.402. The Morgan fingerprint density at radius 1 is 1.41 bits per heavy atom. The van der Waals surface area contributed by atoms with Crippen LogP contribution in [0.1, 0.15) is 18.7 Å². The first kappa shape index (κ1) is 10.3. The van der Waals surface area contributed by atoms with Crippen LogP contribution in [-0.2, 0) is 6.42 Å². The number of benzene rings is 1. The van der Waals surface area contributed by atoms with Crippen molar-refractivity contribution in [3.8, 4) is 11.5 Å². The zero-order chi connectivity index (χ0) is 11.8. The van der Waals surface area contributed by atoms with Gasteiger partial charge < -0.3 is 10.3 Å². The summed E-state index contributed by atoms with van der Waals surface area (Å²) in [5.74, 6) is 1.11. The SMILES string of the molecule is Nc1ccc(F)c(-c2nc(CC3CC3)no2)c1. The number of anilines is 1. The monoisotopic (exact) mass is 233 g/mol. The summed E-state index contributed by atoms with van der Waals surface area (Å²) in [6, 6.07) is 4.31. The lowest BCUT2D eigenvalue weighted by Crippen LogP contribution is -1.91. The smallest absolute Gasteiger partial charge is 0.260 e. The van der Waals surface area contributed by atoms with Crippen molar-refractivity contribution < 1.29 is 8.91 Å². The van der Waals surface area contributed by atoms with Crippen molar-refractivity contribution in [2.75, 3.05) is 5.73 Å². The fourth-order valence-electron chi connectivity index (χ4n) is 1.73. The van der Waals surface area contributed by atoms with Crippen molar-refractivity contribution in [3.05, 3.63) is 29.8 Å². The summed E-state index contributed by atoms with van der Waals surface area (Å²) >= 11 is 0. The number of halogens is 1. The molecule has 0 amide bonds. The van der Waals surface area contributed by atoms with Crippen LogP contribution >= 0.6 is 0 Å². The first-order valence-corrected chi connectivity index (χ1v) is 5.60. The molecule has 0 unspecified atom stereocenters. The first-order chi connectivity index (χ1) is 8.22. The third kappa shape index (κ3) is 2.13. The van der Waals surface area contributed by atoms with Crippen LogP contribution in [-0.4, -0.2) is 10.1 Å². The Labute approximate surface area is 97.6 Å². The van der Waals surface area contributed by atoms with Crippen LogP contribution in [0.15, 0.2) is 22.7 Å². The number of hydrogen-bond acceptors (Lipinski definition) is 4. The molecule has 88 valence electrons. The van der Waals surface area contributed by atoms with E-state index in [4.69, 9.17) is 10.3 Å². The molecule has 1 aromatic carbocycles. The maximum absolute atomic E-state index is 13.6. The maximum atomic E-state index is 13.6. The molecule has 1 fully saturated rings. The molecule has 2 N–H and O–H groups in total. The summed E-state index contributed by atoms with van der Waals surface area (Å²) in [5.41, 5.74) is 6.34. The number of nitrogens with two attached hydrogens (primary N) is 1. The largest absolute Gasteiger partial charge is 0.399 e. The molecule has 1 aliphatic carbocycles. The maximum Gasteiger partial charge on any atom is 0.260 e. The van der Waals surface area contributed by atoms with Gasteiger partial charge in [-0.2, -0.15) is 4.98 Å². The number of aromatic nitrogens is 2. The molecule has 1 aliphatic rings. The van der Waals surface area contributed by atoms with E-state index in [1.807, 2.05) is 0 Å². The van der Waals surface area contributed by atoms with Crippen LogP contribution in [0.2, 0.25) is 0 Å². The zero-order valence-electron chi connectivity index (χ0n) is 9.19. The lowest BCUT2D eigenvalue weighted by Gasteiger charge is -1.98. The third-order valence-electron chi connectivity index (χ3n) is 2.86. The average molecular weight is 233 g/mol. The lowest BCUT2D eigenvalue weighted by molar-refractivity contribution is 0.419. The summed E-state index contributed by atoms with van der Waals surface area (Å²) < 4.78 is 18.6. The molecule has 0 aliphatic heterocycles. The van der Waals surface area contributed by atoms with Gasteiger partial charge in [-0.25, -0.2) is 4.39 Å². The van der Waals surface area contributed by atoms with Crippen molar-refractivity contribution in [1.82, 2.24) is 10.1 Å². The van der Waals surface area contributed by atoms with E-state index in [2.05, 4.69) is 10.1 Å². The highest BCUT2D eigenvalue weighted by atomic mass is 19.1. The highest BCUT2D eigenvalue weighted by molar-refractivity contribution is 5.60. The Hall–Kier alpha value is -1.91. The normalized spacial score (nSPS) is 15.1. The van der Waals surface area contributed by atoms with Crippen molar-refractivity contribution in [1.29, 1.82) is 0 Å². The molecular weight excluding hydrogens is 221 g/mol. The van der Waals surface area contributed by atoms with Gasteiger partial charge in [0.2, 0.25) is 0 Å². The van der Waals surface area contributed by atoms with Crippen molar-refractivity contribution in [2.24, 2.45) is 5.92 Å². The van der Waals surface area contributed by atoms with Crippen LogP contribution in [0.4, 0.5) is 10.1 Å². The molecule has 0 radical (unpaired) electrons. The molecule has 2 aromatic rings. The van der Waals surface area contributed by atoms with E-state index in [0.717, 1.165) is 6.42 Å². The van der Waals surface area contributed by atoms with Crippen LogP contribution in [0.3, 0.4) is 0 Å². The number of nitrogen functional groups attached to an aromatic ring is 1. The summed E-state index contributed by atoms with van der Waals surface area (Å²) in [6.45, 7) is 0. The van der Waals surface area contributed by atoms with Crippen molar-refractivity contribution in [2.45, 2.75) is 19.3 Å². The predicted molar refractivity (Wildman–Crippen MR) is 60.5 cm³/mol. The van der Waals surface area contributed by atoms with E-state index in [9.17, 15) is 4.39 Å². The molecule has 3 rings (SSSR count). The summed E-state index contributed by atoms with van der Waals surface area (Å²) in [4.78, 5) is 4.19. The lowest BCUT2D eigenvalue weighted by atomic mass is 10.2. The number of nitrogens with zero attached hydrogens (tertiary/aromatic N) is 2. The molecule has 5 heteroatoms. The molecule has 17 heavy (non-hydrogen) atoms. The van der Waals surface area contributed by atoms with Gasteiger partial charge in [0.1, 0.15) is 5.82 Å². The second kappa shape index (κ2) is 3.84. The molecule has 1 aromatic heterocycles. The first-order valence-electron chi connectivity index (χ1n) is 5.60. The Bertz CT molecular complexity index is 548. The van der Waals surface area contributed by atoms with Gasteiger partial charge in [0.15, 0.2) is 5.82 Å². The van der Waals surface area contributed by atoms with Gasteiger partial charge in [0, 0.05) is 12.1 Å². The topological polar surface area (TPSA) is 64.9 Å². The molecule has 0 atom stereocenters.